The van der Waals surface area contributed by atoms with E-state index in [1.807, 2.05) is 0 Å². The standard InChI is InChI=1S/C9H13O.Re/c1-5-6-3-4-9(2)8(10-9)7(5)6;/h6-8H,3-4H2,1-2H3;/q-1;/t6-,7?,8-,9+;/m0./s1. The first-order valence-electron chi connectivity index (χ1n) is 4.23. The normalized spacial score (nSPS) is 58.9. The SMILES string of the molecule is C[C-]1C2[C@H]1CC[C@@]1(C)O[C@@H]21.[Re]. The van der Waals surface area contributed by atoms with Gasteiger partial charge in [0.05, 0.1) is 11.7 Å². The van der Waals surface area contributed by atoms with Gasteiger partial charge in [-0.2, -0.15) is 18.8 Å². The molecule has 4 atom stereocenters. The molecule has 0 aromatic heterocycles. The minimum atomic E-state index is 0. The summed E-state index contributed by atoms with van der Waals surface area (Å²) >= 11 is 0. The Morgan fingerprint density at radius 3 is 2.91 bits per heavy atom. The van der Waals surface area contributed by atoms with E-state index >= 15 is 0 Å². The van der Waals surface area contributed by atoms with Crippen LogP contribution in [0.4, 0.5) is 0 Å². The molecule has 1 aliphatic heterocycles. The molecule has 3 aliphatic rings. The van der Waals surface area contributed by atoms with Crippen LogP contribution in [0, 0.1) is 17.8 Å². The fourth-order valence-electron chi connectivity index (χ4n) is 2.70. The van der Waals surface area contributed by atoms with Crippen molar-refractivity contribution in [3.8, 4) is 0 Å². The fraction of sp³-hybridized carbons (Fsp3) is 0.889. The van der Waals surface area contributed by atoms with Crippen molar-refractivity contribution in [2.24, 2.45) is 11.8 Å². The monoisotopic (exact) mass is 324 g/mol. The van der Waals surface area contributed by atoms with Crippen LogP contribution in [-0.2, 0) is 25.2 Å². The second-order valence-electron chi connectivity index (χ2n) is 4.27. The maximum Gasteiger partial charge on any atom is 0.0895 e. The molecule has 0 aromatic rings. The van der Waals surface area contributed by atoms with Gasteiger partial charge in [-0.15, -0.1) is 0 Å². The maximum atomic E-state index is 5.67. The molecule has 11 heavy (non-hydrogen) atoms. The van der Waals surface area contributed by atoms with E-state index in [-0.39, 0.29) is 20.4 Å². The summed E-state index contributed by atoms with van der Waals surface area (Å²) in [5, 5.41) is 0. The molecular formula is C9H13ORe-. The third-order valence-corrected chi connectivity index (χ3v) is 3.65. The van der Waals surface area contributed by atoms with Gasteiger partial charge in [0, 0.05) is 20.4 Å². The maximum absolute atomic E-state index is 5.67. The largest absolute Gasteiger partial charge is 0.369 e. The van der Waals surface area contributed by atoms with Crippen LogP contribution in [0.15, 0.2) is 0 Å². The van der Waals surface area contributed by atoms with E-state index < -0.39 is 0 Å². The van der Waals surface area contributed by atoms with Crippen molar-refractivity contribution in [2.45, 2.75) is 38.4 Å². The molecule has 0 bridgehead atoms. The van der Waals surface area contributed by atoms with Gasteiger partial charge in [0.2, 0.25) is 0 Å². The second kappa shape index (κ2) is 2.10. The molecular weight excluding hydrogens is 310 g/mol. The summed E-state index contributed by atoms with van der Waals surface area (Å²) in [5.74, 6) is 3.55. The zero-order valence-corrected chi connectivity index (χ0v) is 9.65. The summed E-state index contributed by atoms with van der Waals surface area (Å²) in [6, 6.07) is 0. The van der Waals surface area contributed by atoms with Gasteiger partial charge in [-0.25, -0.2) is 0 Å². The van der Waals surface area contributed by atoms with Crippen molar-refractivity contribution < 1.29 is 25.2 Å². The Morgan fingerprint density at radius 2 is 2.27 bits per heavy atom. The van der Waals surface area contributed by atoms with E-state index in [4.69, 9.17) is 4.74 Å². The second-order valence-corrected chi connectivity index (χ2v) is 4.27. The molecule has 3 fully saturated rings. The van der Waals surface area contributed by atoms with Gasteiger partial charge in [0.1, 0.15) is 0 Å². The molecule has 2 saturated carbocycles. The summed E-state index contributed by atoms with van der Waals surface area (Å²) < 4.78 is 5.67. The van der Waals surface area contributed by atoms with Crippen LogP contribution in [0.25, 0.3) is 0 Å². The number of epoxide rings is 1. The van der Waals surface area contributed by atoms with E-state index in [1.165, 1.54) is 12.8 Å². The number of fused-ring (bicyclic) bond motifs is 3. The Hall–Kier alpha value is 0.622. The Balaban J connectivity index is 0.000000480. The summed E-state index contributed by atoms with van der Waals surface area (Å²) in [6.45, 7) is 4.56. The Kier molecular flexibility index (Phi) is 1.57. The Labute approximate surface area is 81.5 Å². The van der Waals surface area contributed by atoms with Crippen molar-refractivity contribution in [3.05, 3.63) is 5.92 Å². The van der Waals surface area contributed by atoms with Crippen LogP contribution in [0.5, 0.6) is 0 Å². The molecule has 2 aliphatic carbocycles. The van der Waals surface area contributed by atoms with Gasteiger partial charge in [-0.1, -0.05) is 6.42 Å². The van der Waals surface area contributed by atoms with Crippen LogP contribution in [0.2, 0.25) is 0 Å². The van der Waals surface area contributed by atoms with Crippen LogP contribution < -0.4 is 0 Å². The summed E-state index contributed by atoms with van der Waals surface area (Å²) in [6.07, 6.45) is 3.32. The predicted octanol–water partition coefficient (Wildman–Crippen LogP) is 1.78. The van der Waals surface area contributed by atoms with Gasteiger partial charge in [-0.05, 0) is 13.3 Å². The van der Waals surface area contributed by atoms with Crippen LogP contribution in [0.1, 0.15) is 26.7 Å². The molecule has 2 heteroatoms. The van der Waals surface area contributed by atoms with Gasteiger partial charge in [-0.3, -0.25) is 0 Å². The molecule has 0 aromatic carbocycles. The van der Waals surface area contributed by atoms with Crippen molar-refractivity contribution in [1.29, 1.82) is 0 Å². The van der Waals surface area contributed by atoms with Crippen LogP contribution in [-0.4, -0.2) is 11.7 Å². The quantitative estimate of drug-likeness (QED) is 0.489. The van der Waals surface area contributed by atoms with Crippen LogP contribution >= 0.6 is 0 Å². The molecule has 1 saturated heterocycles. The minimum absolute atomic E-state index is 0. The third kappa shape index (κ3) is 0.900. The Morgan fingerprint density at radius 1 is 1.55 bits per heavy atom. The molecule has 3 rings (SSSR count). The van der Waals surface area contributed by atoms with E-state index in [2.05, 4.69) is 13.8 Å². The summed E-state index contributed by atoms with van der Waals surface area (Å²) in [7, 11) is 0. The van der Waals surface area contributed by atoms with Crippen molar-refractivity contribution in [3.63, 3.8) is 0 Å². The third-order valence-electron chi connectivity index (χ3n) is 3.65. The van der Waals surface area contributed by atoms with E-state index in [0.29, 0.717) is 11.7 Å². The van der Waals surface area contributed by atoms with E-state index in [0.717, 1.165) is 11.8 Å². The van der Waals surface area contributed by atoms with Crippen molar-refractivity contribution >= 4 is 0 Å². The van der Waals surface area contributed by atoms with Gasteiger partial charge >= 0.3 is 0 Å². The molecule has 1 radical (unpaired) electrons. The van der Waals surface area contributed by atoms with E-state index in [9.17, 15) is 0 Å². The molecule has 63 valence electrons. The van der Waals surface area contributed by atoms with Gasteiger partial charge in [0.25, 0.3) is 0 Å². The van der Waals surface area contributed by atoms with E-state index in [1.54, 1.807) is 5.92 Å². The molecule has 1 heterocycles. The smallest absolute Gasteiger partial charge is 0.0895 e. The van der Waals surface area contributed by atoms with Crippen LogP contribution in [0.3, 0.4) is 0 Å². The predicted molar refractivity (Wildman–Crippen MR) is 38.4 cm³/mol. The minimum Gasteiger partial charge on any atom is -0.369 e. The van der Waals surface area contributed by atoms with Gasteiger partial charge < -0.3 is 10.7 Å². The topological polar surface area (TPSA) is 12.5 Å². The molecule has 0 N–H and O–H groups in total. The van der Waals surface area contributed by atoms with Crippen molar-refractivity contribution in [1.82, 2.24) is 0 Å². The first-order chi connectivity index (χ1) is 4.72. The summed E-state index contributed by atoms with van der Waals surface area (Å²) in [5.41, 5.74) is 0.318. The fourth-order valence-corrected chi connectivity index (χ4v) is 2.70. The number of hydrogen-bond acceptors (Lipinski definition) is 1. The zero-order valence-electron chi connectivity index (χ0n) is 6.93. The van der Waals surface area contributed by atoms with Gasteiger partial charge in [0.15, 0.2) is 0 Å². The molecule has 1 unspecified atom stereocenters. The first kappa shape index (κ1) is 8.23. The number of rotatable bonds is 0. The number of ether oxygens (including phenoxy) is 1. The Bertz CT molecular complexity index is 194. The molecule has 0 spiro atoms. The molecule has 1 nitrogen and oxygen atoms in total. The average molecular weight is 323 g/mol. The molecule has 0 amide bonds. The zero-order chi connectivity index (χ0) is 6.93. The first-order valence-corrected chi connectivity index (χ1v) is 4.23. The summed E-state index contributed by atoms with van der Waals surface area (Å²) in [4.78, 5) is 0. The number of hydrogen-bond donors (Lipinski definition) is 0. The van der Waals surface area contributed by atoms with Crippen molar-refractivity contribution in [2.75, 3.05) is 0 Å². The average Bonchev–Trinajstić information content (AvgIpc) is 2.69.